The first-order valence-electron chi connectivity index (χ1n) is 9.18. The van der Waals surface area contributed by atoms with Crippen molar-refractivity contribution in [2.75, 3.05) is 0 Å². The van der Waals surface area contributed by atoms with E-state index in [0.29, 0.717) is 11.1 Å². The van der Waals surface area contributed by atoms with Gasteiger partial charge >= 0.3 is 0 Å². The number of fused-ring (bicyclic) bond motifs is 2. The van der Waals surface area contributed by atoms with E-state index in [1.165, 1.54) is 0 Å². The third kappa shape index (κ3) is 2.11. The molecule has 2 saturated carbocycles. The van der Waals surface area contributed by atoms with Crippen LogP contribution in [0.5, 0.6) is 0 Å². The van der Waals surface area contributed by atoms with Crippen LogP contribution >= 0.6 is 0 Å². The molecule has 26 heavy (non-hydrogen) atoms. The lowest BCUT2D eigenvalue weighted by molar-refractivity contribution is -0.125. The van der Waals surface area contributed by atoms with Crippen molar-refractivity contribution in [1.82, 2.24) is 9.78 Å². The first-order chi connectivity index (χ1) is 12.3. The smallest absolute Gasteiger partial charge is 0.189 e. The molecule has 134 valence electrons. The van der Waals surface area contributed by atoms with Gasteiger partial charge in [0.1, 0.15) is 0 Å². The molecule has 0 amide bonds. The van der Waals surface area contributed by atoms with E-state index in [1.54, 1.807) is 17.0 Å². The van der Waals surface area contributed by atoms with Gasteiger partial charge in [0.25, 0.3) is 0 Å². The van der Waals surface area contributed by atoms with Gasteiger partial charge in [-0.2, -0.15) is 5.10 Å². The van der Waals surface area contributed by atoms with E-state index in [9.17, 15) is 9.59 Å². The molecule has 1 unspecified atom stereocenters. The Kier molecular flexibility index (Phi) is 3.59. The summed E-state index contributed by atoms with van der Waals surface area (Å²) in [6.07, 6.45) is 5.08. The SMILES string of the molecule is Cc1c(C(=O)/C=C2/C(=O)C3(C)CC[C@@H]2C3(C)C)cnn1-c1ccccc1. The Labute approximate surface area is 153 Å². The minimum Gasteiger partial charge on any atom is -0.294 e. The van der Waals surface area contributed by atoms with E-state index in [0.717, 1.165) is 24.2 Å². The van der Waals surface area contributed by atoms with Crippen molar-refractivity contribution in [1.29, 1.82) is 0 Å². The number of benzene rings is 1. The zero-order chi connectivity index (χ0) is 18.7. The predicted octanol–water partition coefficient (Wildman–Crippen LogP) is 4.32. The topological polar surface area (TPSA) is 52.0 Å². The second kappa shape index (κ2) is 5.50. The maximum Gasteiger partial charge on any atom is 0.189 e. The number of carbonyl (C=O) groups is 2. The molecule has 4 rings (SSSR count). The van der Waals surface area contributed by atoms with Crippen molar-refractivity contribution < 1.29 is 9.59 Å². The maximum absolute atomic E-state index is 12.9. The minimum absolute atomic E-state index is 0.0839. The number of Topliss-reactive ketones (excluding diaryl/α,β-unsaturated/α-hetero) is 1. The van der Waals surface area contributed by atoms with Crippen LogP contribution in [0.25, 0.3) is 5.69 Å². The third-order valence-corrected chi connectivity index (χ3v) is 6.93. The summed E-state index contributed by atoms with van der Waals surface area (Å²) >= 11 is 0. The summed E-state index contributed by atoms with van der Waals surface area (Å²) in [5.74, 6) is 0.202. The van der Waals surface area contributed by atoms with Crippen LogP contribution in [0.4, 0.5) is 0 Å². The molecule has 1 aromatic heterocycles. The molecule has 2 fully saturated rings. The van der Waals surface area contributed by atoms with Gasteiger partial charge in [0.05, 0.1) is 23.1 Å². The molecule has 0 spiro atoms. The van der Waals surface area contributed by atoms with E-state index in [2.05, 4.69) is 25.9 Å². The number of para-hydroxylation sites is 1. The normalized spacial score (nSPS) is 28.1. The highest BCUT2D eigenvalue weighted by atomic mass is 16.1. The molecular formula is C22H24N2O2. The second-order valence-corrected chi connectivity index (χ2v) is 8.33. The molecule has 4 nitrogen and oxygen atoms in total. The fourth-order valence-corrected chi connectivity index (χ4v) is 4.79. The van der Waals surface area contributed by atoms with Gasteiger partial charge in [0.2, 0.25) is 0 Å². The highest BCUT2D eigenvalue weighted by molar-refractivity contribution is 6.13. The molecule has 0 radical (unpaired) electrons. The van der Waals surface area contributed by atoms with Gasteiger partial charge in [-0.05, 0) is 49.3 Å². The number of hydrogen-bond acceptors (Lipinski definition) is 3. The maximum atomic E-state index is 12.9. The van der Waals surface area contributed by atoms with Crippen LogP contribution in [0.2, 0.25) is 0 Å². The molecule has 1 heterocycles. The van der Waals surface area contributed by atoms with Gasteiger partial charge in [-0.15, -0.1) is 0 Å². The Morgan fingerprint density at radius 1 is 1.23 bits per heavy atom. The molecule has 2 bridgehead atoms. The fraction of sp³-hybridized carbons (Fsp3) is 0.409. The molecular weight excluding hydrogens is 324 g/mol. The molecule has 2 atom stereocenters. The molecule has 2 aliphatic carbocycles. The van der Waals surface area contributed by atoms with Crippen LogP contribution in [0.15, 0.2) is 48.2 Å². The Hall–Kier alpha value is -2.49. The lowest BCUT2D eigenvalue weighted by atomic mass is 9.70. The number of nitrogens with zero attached hydrogens (tertiary/aromatic N) is 2. The van der Waals surface area contributed by atoms with Crippen molar-refractivity contribution in [3.63, 3.8) is 0 Å². The number of rotatable bonds is 3. The lowest BCUT2D eigenvalue weighted by Gasteiger charge is -2.31. The van der Waals surface area contributed by atoms with Crippen LogP contribution in [-0.4, -0.2) is 21.3 Å². The average Bonchev–Trinajstić information content (AvgIpc) is 3.15. The molecule has 1 aromatic carbocycles. The van der Waals surface area contributed by atoms with Gasteiger partial charge in [-0.1, -0.05) is 39.0 Å². The largest absolute Gasteiger partial charge is 0.294 e. The Balaban J connectivity index is 1.69. The van der Waals surface area contributed by atoms with E-state index in [-0.39, 0.29) is 28.3 Å². The summed E-state index contributed by atoms with van der Waals surface area (Å²) in [5, 5.41) is 4.37. The Morgan fingerprint density at radius 3 is 2.54 bits per heavy atom. The highest BCUT2D eigenvalue weighted by Crippen LogP contribution is 2.65. The number of hydrogen-bond donors (Lipinski definition) is 0. The molecule has 0 N–H and O–H groups in total. The fourth-order valence-electron chi connectivity index (χ4n) is 4.79. The molecule has 0 saturated heterocycles. The van der Waals surface area contributed by atoms with Gasteiger partial charge < -0.3 is 0 Å². The van der Waals surface area contributed by atoms with Crippen LogP contribution in [0.3, 0.4) is 0 Å². The van der Waals surface area contributed by atoms with Gasteiger partial charge in [0, 0.05) is 11.0 Å². The van der Waals surface area contributed by atoms with Gasteiger partial charge in [-0.25, -0.2) is 4.68 Å². The Morgan fingerprint density at radius 2 is 1.92 bits per heavy atom. The third-order valence-electron chi connectivity index (χ3n) is 6.93. The van der Waals surface area contributed by atoms with E-state index in [1.807, 2.05) is 37.3 Å². The van der Waals surface area contributed by atoms with Crippen molar-refractivity contribution in [2.45, 2.75) is 40.5 Å². The molecule has 2 aliphatic rings. The number of carbonyl (C=O) groups excluding carboxylic acids is 2. The highest BCUT2D eigenvalue weighted by Gasteiger charge is 2.64. The first kappa shape index (κ1) is 17.0. The zero-order valence-electron chi connectivity index (χ0n) is 15.7. The standard InChI is InChI=1S/C22H24N2O2/c1-14-17(13-23-24(14)15-8-6-5-7-9-15)19(25)12-16-18-10-11-22(4,20(16)26)21(18,2)3/h5-9,12-13,18H,10-11H2,1-4H3/b16-12+/t18-,22?/m0/s1. The number of allylic oxidation sites excluding steroid dienone is 2. The number of aromatic nitrogens is 2. The summed E-state index contributed by atoms with van der Waals surface area (Å²) in [5.41, 5.74) is 2.55. The lowest BCUT2D eigenvalue weighted by Crippen LogP contribution is -2.32. The average molecular weight is 348 g/mol. The second-order valence-electron chi connectivity index (χ2n) is 8.33. The summed E-state index contributed by atoms with van der Waals surface area (Å²) in [6, 6.07) is 9.74. The summed E-state index contributed by atoms with van der Waals surface area (Å²) in [7, 11) is 0. The van der Waals surface area contributed by atoms with Gasteiger partial charge in [-0.3, -0.25) is 9.59 Å². The Bertz CT molecular complexity index is 936. The van der Waals surface area contributed by atoms with Crippen molar-refractivity contribution in [2.24, 2.45) is 16.7 Å². The summed E-state index contributed by atoms with van der Waals surface area (Å²) in [6.45, 7) is 8.26. The van der Waals surface area contributed by atoms with Crippen LogP contribution in [0, 0.1) is 23.7 Å². The van der Waals surface area contributed by atoms with E-state index in [4.69, 9.17) is 0 Å². The van der Waals surface area contributed by atoms with Crippen LogP contribution in [0.1, 0.15) is 49.7 Å². The molecule has 4 heteroatoms. The van der Waals surface area contributed by atoms with Crippen molar-refractivity contribution in [3.05, 3.63) is 59.4 Å². The summed E-state index contributed by atoms with van der Waals surface area (Å²) in [4.78, 5) is 25.9. The minimum atomic E-state index is -0.340. The van der Waals surface area contributed by atoms with Crippen molar-refractivity contribution >= 4 is 11.6 Å². The van der Waals surface area contributed by atoms with E-state index >= 15 is 0 Å². The summed E-state index contributed by atoms with van der Waals surface area (Å²) < 4.78 is 1.76. The van der Waals surface area contributed by atoms with Gasteiger partial charge in [0.15, 0.2) is 11.6 Å². The zero-order valence-corrected chi connectivity index (χ0v) is 15.7. The monoisotopic (exact) mass is 348 g/mol. The molecule has 2 aromatic rings. The predicted molar refractivity (Wildman–Crippen MR) is 100 cm³/mol. The van der Waals surface area contributed by atoms with Crippen LogP contribution < -0.4 is 0 Å². The first-order valence-corrected chi connectivity index (χ1v) is 9.18. The van der Waals surface area contributed by atoms with Crippen LogP contribution in [-0.2, 0) is 4.79 Å². The number of ketones is 2. The van der Waals surface area contributed by atoms with Crippen molar-refractivity contribution in [3.8, 4) is 5.69 Å². The molecule has 0 aliphatic heterocycles. The van der Waals surface area contributed by atoms with E-state index < -0.39 is 0 Å². The quantitative estimate of drug-likeness (QED) is 0.613.